The molecule has 1 aromatic heterocycles. The van der Waals surface area contributed by atoms with Crippen LogP contribution in [-0.4, -0.2) is 10.5 Å². The van der Waals surface area contributed by atoms with Crippen molar-refractivity contribution in [1.29, 1.82) is 0 Å². The summed E-state index contributed by atoms with van der Waals surface area (Å²) in [6.07, 6.45) is 3.33. The third-order valence-electron chi connectivity index (χ3n) is 3.41. The van der Waals surface area contributed by atoms with Crippen LogP contribution in [0.4, 0.5) is 0 Å². The minimum absolute atomic E-state index is 0.0879. The van der Waals surface area contributed by atoms with Crippen LogP contribution < -0.4 is 5.73 Å². The van der Waals surface area contributed by atoms with Gasteiger partial charge in [0, 0.05) is 11.5 Å². The maximum Gasteiger partial charge on any atom is 0.0963 e. The minimum atomic E-state index is 0.0879. The van der Waals surface area contributed by atoms with E-state index < -0.39 is 0 Å². The standard InChI is InChI=1S/C14H18N2S/c1-9(2)13-16-11-7-10(3-4-12(11)17-13)8-14(15)5-6-14/h3-4,7,9H,5-6,8,15H2,1-2H3. The van der Waals surface area contributed by atoms with Gasteiger partial charge in [0.25, 0.3) is 0 Å². The quantitative estimate of drug-likeness (QED) is 0.901. The highest BCUT2D eigenvalue weighted by molar-refractivity contribution is 7.18. The SMILES string of the molecule is CC(C)c1nc2cc(CC3(N)CC3)ccc2s1. The van der Waals surface area contributed by atoms with Gasteiger partial charge in [-0.25, -0.2) is 4.98 Å². The maximum atomic E-state index is 6.16. The van der Waals surface area contributed by atoms with E-state index in [9.17, 15) is 0 Å². The first-order valence-electron chi connectivity index (χ1n) is 6.24. The van der Waals surface area contributed by atoms with Gasteiger partial charge in [-0.15, -0.1) is 11.3 Å². The number of hydrogen-bond acceptors (Lipinski definition) is 3. The fourth-order valence-electron chi connectivity index (χ4n) is 2.09. The van der Waals surface area contributed by atoms with Crippen LogP contribution in [0.5, 0.6) is 0 Å². The Hall–Kier alpha value is -0.930. The van der Waals surface area contributed by atoms with E-state index in [4.69, 9.17) is 10.7 Å². The Morgan fingerprint density at radius 1 is 1.41 bits per heavy atom. The summed E-state index contributed by atoms with van der Waals surface area (Å²) in [7, 11) is 0. The Labute approximate surface area is 106 Å². The largest absolute Gasteiger partial charge is 0.325 e. The highest BCUT2D eigenvalue weighted by atomic mass is 32.1. The molecule has 0 bridgehead atoms. The number of aromatic nitrogens is 1. The molecule has 1 aromatic carbocycles. The molecule has 3 rings (SSSR count). The summed E-state index contributed by atoms with van der Waals surface area (Å²) >= 11 is 1.81. The summed E-state index contributed by atoms with van der Waals surface area (Å²) in [5.74, 6) is 0.514. The van der Waals surface area contributed by atoms with E-state index in [1.54, 1.807) is 11.3 Å². The summed E-state index contributed by atoms with van der Waals surface area (Å²) in [6.45, 7) is 4.38. The van der Waals surface area contributed by atoms with Crippen LogP contribution in [0.2, 0.25) is 0 Å². The lowest BCUT2D eigenvalue weighted by atomic mass is 10.0. The summed E-state index contributed by atoms with van der Waals surface area (Å²) in [4.78, 5) is 4.70. The van der Waals surface area contributed by atoms with Crippen molar-refractivity contribution in [3.05, 3.63) is 28.8 Å². The molecule has 0 spiro atoms. The average Bonchev–Trinajstić information content (AvgIpc) is 2.84. The van der Waals surface area contributed by atoms with Gasteiger partial charge in [0.05, 0.1) is 15.2 Å². The van der Waals surface area contributed by atoms with Crippen molar-refractivity contribution in [3.63, 3.8) is 0 Å². The van der Waals surface area contributed by atoms with Gasteiger partial charge >= 0.3 is 0 Å². The van der Waals surface area contributed by atoms with Crippen molar-refractivity contribution < 1.29 is 0 Å². The number of nitrogens with zero attached hydrogens (tertiary/aromatic N) is 1. The number of hydrogen-bond donors (Lipinski definition) is 1. The molecule has 0 amide bonds. The fraction of sp³-hybridized carbons (Fsp3) is 0.500. The van der Waals surface area contributed by atoms with Crippen molar-refractivity contribution in [3.8, 4) is 0 Å². The van der Waals surface area contributed by atoms with Crippen molar-refractivity contribution in [2.24, 2.45) is 5.73 Å². The molecule has 90 valence electrons. The van der Waals surface area contributed by atoms with E-state index in [1.165, 1.54) is 28.1 Å². The second-order valence-corrected chi connectivity index (χ2v) is 6.61. The van der Waals surface area contributed by atoms with Gasteiger partial charge in [-0.05, 0) is 37.0 Å². The van der Waals surface area contributed by atoms with Crippen molar-refractivity contribution in [1.82, 2.24) is 4.98 Å². The first kappa shape index (κ1) is 11.2. The predicted octanol–water partition coefficient (Wildman–Crippen LogP) is 3.45. The molecule has 1 fully saturated rings. The lowest BCUT2D eigenvalue weighted by Crippen LogP contribution is -2.24. The Morgan fingerprint density at radius 2 is 2.18 bits per heavy atom. The van der Waals surface area contributed by atoms with Gasteiger partial charge in [-0.2, -0.15) is 0 Å². The Kier molecular flexibility index (Phi) is 2.49. The first-order valence-corrected chi connectivity index (χ1v) is 7.06. The zero-order chi connectivity index (χ0) is 12.0. The van der Waals surface area contributed by atoms with Gasteiger partial charge in [0.2, 0.25) is 0 Å². The van der Waals surface area contributed by atoms with Crippen LogP contribution in [0, 0.1) is 0 Å². The molecule has 17 heavy (non-hydrogen) atoms. The van der Waals surface area contributed by atoms with Gasteiger partial charge in [0.1, 0.15) is 0 Å². The summed E-state index contributed by atoms with van der Waals surface area (Å²) < 4.78 is 1.29. The second kappa shape index (κ2) is 3.79. The summed E-state index contributed by atoms with van der Waals surface area (Å²) in [5.41, 5.74) is 8.72. The van der Waals surface area contributed by atoms with Crippen LogP contribution in [0.1, 0.15) is 43.2 Å². The topological polar surface area (TPSA) is 38.9 Å². The number of benzene rings is 1. The fourth-order valence-corrected chi connectivity index (χ4v) is 3.04. The normalized spacial score (nSPS) is 17.9. The molecule has 1 aliphatic carbocycles. The molecular formula is C14H18N2S. The van der Waals surface area contributed by atoms with Gasteiger partial charge in [0.15, 0.2) is 0 Å². The van der Waals surface area contributed by atoms with Gasteiger partial charge < -0.3 is 5.73 Å². The average molecular weight is 246 g/mol. The molecule has 0 radical (unpaired) electrons. The molecule has 2 nitrogen and oxygen atoms in total. The summed E-state index contributed by atoms with van der Waals surface area (Å²) in [5, 5.41) is 1.23. The number of nitrogens with two attached hydrogens (primary N) is 1. The van der Waals surface area contributed by atoms with E-state index in [0.29, 0.717) is 5.92 Å². The van der Waals surface area contributed by atoms with Crippen LogP contribution in [-0.2, 0) is 6.42 Å². The van der Waals surface area contributed by atoms with E-state index in [0.717, 1.165) is 11.9 Å². The third kappa shape index (κ3) is 2.22. The maximum absolute atomic E-state index is 6.16. The number of rotatable bonds is 3. The van der Waals surface area contributed by atoms with Crippen LogP contribution in [0.25, 0.3) is 10.2 Å². The lowest BCUT2D eigenvalue weighted by molar-refractivity contribution is 0.672. The minimum Gasteiger partial charge on any atom is -0.325 e. The van der Waals surface area contributed by atoms with Crippen molar-refractivity contribution in [2.75, 3.05) is 0 Å². The van der Waals surface area contributed by atoms with Crippen molar-refractivity contribution in [2.45, 2.75) is 44.6 Å². The smallest absolute Gasteiger partial charge is 0.0963 e. The van der Waals surface area contributed by atoms with Crippen LogP contribution in [0.3, 0.4) is 0 Å². The zero-order valence-electron chi connectivity index (χ0n) is 10.4. The third-order valence-corrected chi connectivity index (χ3v) is 4.75. The molecular weight excluding hydrogens is 228 g/mol. The van der Waals surface area contributed by atoms with Crippen molar-refractivity contribution >= 4 is 21.6 Å². The Balaban J connectivity index is 1.94. The van der Waals surface area contributed by atoms with Crippen LogP contribution in [0.15, 0.2) is 18.2 Å². The highest BCUT2D eigenvalue weighted by Crippen LogP contribution is 2.36. The molecule has 0 saturated heterocycles. The summed E-state index contributed by atoms with van der Waals surface area (Å²) in [6, 6.07) is 6.61. The van der Waals surface area contributed by atoms with Crippen LogP contribution >= 0.6 is 11.3 Å². The molecule has 1 heterocycles. The molecule has 1 saturated carbocycles. The van der Waals surface area contributed by atoms with E-state index >= 15 is 0 Å². The van der Waals surface area contributed by atoms with E-state index in [-0.39, 0.29) is 5.54 Å². The molecule has 0 atom stereocenters. The monoisotopic (exact) mass is 246 g/mol. The zero-order valence-corrected chi connectivity index (χ0v) is 11.2. The Bertz CT molecular complexity index is 552. The van der Waals surface area contributed by atoms with Gasteiger partial charge in [-0.1, -0.05) is 19.9 Å². The highest BCUT2D eigenvalue weighted by Gasteiger charge is 2.37. The van der Waals surface area contributed by atoms with E-state index in [2.05, 4.69) is 32.0 Å². The molecule has 3 heteroatoms. The molecule has 1 aliphatic rings. The second-order valence-electron chi connectivity index (χ2n) is 5.55. The Morgan fingerprint density at radius 3 is 2.82 bits per heavy atom. The molecule has 0 unspecified atom stereocenters. The number of thiazole rings is 1. The molecule has 2 N–H and O–H groups in total. The molecule has 2 aromatic rings. The lowest BCUT2D eigenvalue weighted by Gasteiger charge is -2.07. The van der Waals surface area contributed by atoms with E-state index in [1.807, 2.05) is 0 Å². The number of fused-ring (bicyclic) bond motifs is 1. The van der Waals surface area contributed by atoms with Gasteiger partial charge in [-0.3, -0.25) is 0 Å². The predicted molar refractivity (Wildman–Crippen MR) is 73.6 cm³/mol. The molecule has 0 aliphatic heterocycles. The first-order chi connectivity index (χ1) is 8.06.